The molecule has 5 fully saturated rings. The summed E-state index contributed by atoms with van der Waals surface area (Å²) < 4.78 is 0. The number of primary amides is 1. The number of carboxylic acid groups (broad SMARTS) is 1. The van der Waals surface area contributed by atoms with Crippen LogP contribution in [0.25, 0.3) is 0 Å². The van der Waals surface area contributed by atoms with Gasteiger partial charge in [-0.1, -0.05) is 0 Å². The van der Waals surface area contributed by atoms with E-state index >= 15 is 0 Å². The number of likely N-dealkylation sites (tertiary alicyclic amines) is 1. The normalized spacial score (nSPS) is 40.7. The lowest BCUT2D eigenvalue weighted by Gasteiger charge is -2.62. The van der Waals surface area contributed by atoms with Gasteiger partial charge >= 0.3 is 6.09 Å². The molecule has 0 aromatic heterocycles. The molecule has 0 spiro atoms. The molecule has 8 heteroatoms. The van der Waals surface area contributed by atoms with E-state index in [1.165, 1.54) is 9.80 Å². The van der Waals surface area contributed by atoms with Gasteiger partial charge in [-0.2, -0.15) is 0 Å². The van der Waals surface area contributed by atoms with E-state index in [2.05, 4.69) is 0 Å². The maximum atomic E-state index is 12.8. The fourth-order valence-corrected chi connectivity index (χ4v) is 6.51. The van der Waals surface area contributed by atoms with Crippen LogP contribution in [-0.2, 0) is 9.59 Å². The molecule has 3 atom stereocenters. The number of aliphatic hydroxyl groups is 1. The van der Waals surface area contributed by atoms with Gasteiger partial charge in [-0.15, -0.1) is 0 Å². The number of rotatable bonds is 4. The van der Waals surface area contributed by atoms with E-state index in [9.17, 15) is 24.6 Å². The van der Waals surface area contributed by atoms with Crippen LogP contribution in [0.2, 0.25) is 0 Å². The van der Waals surface area contributed by atoms with Crippen molar-refractivity contribution in [2.24, 2.45) is 17.6 Å². The van der Waals surface area contributed by atoms with Gasteiger partial charge < -0.3 is 20.8 Å². The number of nitrogens with zero attached hydrogens (tertiary/aromatic N) is 2. The fourth-order valence-electron chi connectivity index (χ4n) is 6.51. The number of carbonyl (C=O) groups is 3. The summed E-state index contributed by atoms with van der Waals surface area (Å²) in [6, 6.07) is -0.640. The highest BCUT2D eigenvalue weighted by atomic mass is 16.4. The van der Waals surface area contributed by atoms with Crippen LogP contribution < -0.4 is 5.73 Å². The molecule has 3 amide bonds. The first-order valence-electron chi connectivity index (χ1n) is 9.53. The van der Waals surface area contributed by atoms with Crippen molar-refractivity contribution in [1.82, 2.24) is 9.80 Å². The van der Waals surface area contributed by atoms with Crippen LogP contribution in [0.3, 0.4) is 0 Å². The molecule has 1 aliphatic heterocycles. The molecule has 0 radical (unpaired) electrons. The Morgan fingerprint density at radius 2 is 1.81 bits per heavy atom. The van der Waals surface area contributed by atoms with Gasteiger partial charge in [-0.05, 0) is 63.2 Å². The zero-order valence-corrected chi connectivity index (χ0v) is 14.9. The van der Waals surface area contributed by atoms with Crippen molar-refractivity contribution in [2.45, 2.75) is 68.5 Å². The zero-order chi connectivity index (χ0) is 18.7. The Bertz CT molecular complexity index is 637. The second-order valence-electron chi connectivity index (χ2n) is 8.93. The monoisotopic (exact) mass is 365 g/mol. The summed E-state index contributed by atoms with van der Waals surface area (Å²) in [5.74, 6) is -0.259. The van der Waals surface area contributed by atoms with Gasteiger partial charge in [0.2, 0.25) is 11.8 Å². The summed E-state index contributed by atoms with van der Waals surface area (Å²) in [6.45, 7) is 0.163. The topological polar surface area (TPSA) is 124 Å². The molecule has 5 aliphatic rings. The zero-order valence-electron chi connectivity index (χ0n) is 14.9. The fraction of sp³-hybridized carbons (Fsp3) is 0.833. The number of hydrogen-bond acceptors (Lipinski definition) is 4. The molecule has 0 aromatic rings. The quantitative estimate of drug-likeness (QED) is 0.670. The molecule has 4 N–H and O–H groups in total. The van der Waals surface area contributed by atoms with E-state index in [1.807, 2.05) is 0 Å². The number of nitrogens with two attached hydrogens (primary N) is 1. The van der Waals surface area contributed by atoms with E-state index in [1.54, 1.807) is 0 Å². The summed E-state index contributed by atoms with van der Waals surface area (Å²) >= 11 is 0. The van der Waals surface area contributed by atoms with Crippen LogP contribution in [0, 0.1) is 11.8 Å². The Morgan fingerprint density at radius 1 is 1.15 bits per heavy atom. The molecule has 1 heterocycles. The van der Waals surface area contributed by atoms with Gasteiger partial charge in [0.1, 0.15) is 12.6 Å². The highest BCUT2D eigenvalue weighted by Gasteiger charge is 2.60. The third-order valence-corrected chi connectivity index (χ3v) is 7.00. The Kier molecular flexibility index (Phi) is 3.95. The number of hydrogen-bond donors (Lipinski definition) is 3. The van der Waals surface area contributed by atoms with Crippen LogP contribution in [-0.4, -0.2) is 68.2 Å². The lowest BCUT2D eigenvalue weighted by molar-refractivity contribution is -0.172. The van der Waals surface area contributed by atoms with Gasteiger partial charge in [-0.25, -0.2) is 4.79 Å². The van der Waals surface area contributed by atoms with Crippen LogP contribution in [0.1, 0.15) is 51.4 Å². The van der Waals surface area contributed by atoms with E-state index in [0.717, 1.165) is 19.3 Å². The van der Waals surface area contributed by atoms with E-state index < -0.39 is 29.2 Å². The third-order valence-electron chi connectivity index (χ3n) is 7.00. The molecular formula is C18H27N3O5. The number of carbonyl (C=O) groups excluding carboxylic acids is 2. The molecule has 144 valence electrons. The summed E-state index contributed by atoms with van der Waals surface area (Å²) in [7, 11) is 0. The molecule has 4 bridgehead atoms. The average Bonchev–Trinajstić information content (AvgIpc) is 2.99. The maximum Gasteiger partial charge on any atom is 0.408 e. The molecule has 0 aromatic carbocycles. The Morgan fingerprint density at radius 3 is 2.35 bits per heavy atom. The molecule has 4 saturated carbocycles. The molecule has 8 nitrogen and oxygen atoms in total. The van der Waals surface area contributed by atoms with E-state index in [-0.39, 0.29) is 12.5 Å². The molecule has 1 saturated heterocycles. The minimum absolute atomic E-state index is 0.269. The van der Waals surface area contributed by atoms with Gasteiger partial charge in [0, 0.05) is 6.54 Å². The lowest BCUT2D eigenvalue weighted by atomic mass is 9.50. The van der Waals surface area contributed by atoms with Crippen LogP contribution >= 0.6 is 0 Å². The molecule has 26 heavy (non-hydrogen) atoms. The predicted octanol–water partition coefficient (Wildman–Crippen LogP) is 0.526. The highest BCUT2D eigenvalue weighted by molar-refractivity contribution is 5.89. The smallest absolute Gasteiger partial charge is 0.408 e. The SMILES string of the molecule is NC(=O)[C@@H]1CCCN1C(=O)CN(C(=O)O)C12CC3CC(CC(O)(C3)C1)C2. The van der Waals surface area contributed by atoms with Gasteiger partial charge in [0.25, 0.3) is 0 Å². The van der Waals surface area contributed by atoms with Crippen molar-refractivity contribution in [3.05, 3.63) is 0 Å². The van der Waals surface area contributed by atoms with Crippen molar-refractivity contribution in [3.8, 4) is 0 Å². The van der Waals surface area contributed by atoms with E-state index in [0.29, 0.717) is 50.5 Å². The summed E-state index contributed by atoms with van der Waals surface area (Å²) in [4.78, 5) is 39.1. The second-order valence-corrected chi connectivity index (χ2v) is 8.93. The highest BCUT2D eigenvalue weighted by Crippen LogP contribution is 2.59. The standard InChI is InChI=1S/C18H27N3O5/c19-15(23)13-2-1-3-20(13)14(22)9-21(16(24)25)17-5-11-4-12(6-17)8-18(26,7-11)10-17/h11-13,26H,1-10H2,(H2,19,23)(H,24,25)/t11?,12?,13-,17?,18?/m0/s1. The van der Waals surface area contributed by atoms with Gasteiger partial charge in [-0.3, -0.25) is 14.5 Å². The Labute approximate surface area is 152 Å². The molecule has 2 unspecified atom stereocenters. The van der Waals surface area contributed by atoms with Crippen molar-refractivity contribution >= 4 is 17.9 Å². The van der Waals surface area contributed by atoms with Crippen molar-refractivity contribution in [1.29, 1.82) is 0 Å². The first kappa shape index (κ1) is 17.6. The van der Waals surface area contributed by atoms with Crippen molar-refractivity contribution < 1.29 is 24.6 Å². The van der Waals surface area contributed by atoms with Gasteiger partial charge in [0.15, 0.2) is 0 Å². The van der Waals surface area contributed by atoms with Crippen molar-refractivity contribution in [2.75, 3.05) is 13.1 Å². The predicted molar refractivity (Wildman–Crippen MR) is 91.0 cm³/mol. The molecule has 5 rings (SSSR count). The summed E-state index contributed by atoms with van der Waals surface area (Å²) in [5, 5.41) is 20.7. The van der Waals surface area contributed by atoms with Crippen molar-refractivity contribution in [3.63, 3.8) is 0 Å². The van der Waals surface area contributed by atoms with Crippen LogP contribution in [0.15, 0.2) is 0 Å². The summed E-state index contributed by atoms with van der Waals surface area (Å²) in [6.07, 6.45) is 4.46. The largest absolute Gasteiger partial charge is 0.465 e. The van der Waals surface area contributed by atoms with Crippen LogP contribution in [0.4, 0.5) is 4.79 Å². The summed E-state index contributed by atoms with van der Waals surface area (Å²) in [5.41, 5.74) is 3.92. The van der Waals surface area contributed by atoms with E-state index in [4.69, 9.17) is 5.73 Å². The maximum absolute atomic E-state index is 12.8. The minimum atomic E-state index is -1.13. The first-order valence-corrected chi connectivity index (χ1v) is 9.53. The van der Waals surface area contributed by atoms with Crippen LogP contribution in [0.5, 0.6) is 0 Å². The second kappa shape index (κ2) is 5.84. The molecule has 4 aliphatic carbocycles. The number of amides is 3. The molecular weight excluding hydrogens is 338 g/mol. The van der Waals surface area contributed by atoms with Gasteiger partial charge in [0.05, 0.1) is 11.1 Å². The first-order chi connectivity index (χ1) is 12.2. The minimum Gasteiger partial charge on any atom is -0.465 e. The average molecular weight is 365 g/mol. The Hall–Kier alpha value is -1.83. The Balaban J connectivity index is 1.56. The lowest BCUT2D eigenvalue weighted by Crippen LogP contribution is -2.67. The third kappa shape index (κ3) is 2.74.